The maximum absolute atomic E-state index is 3.78. The molecule has 0 amide bonds. The van der Waals surface area contributed by atoms with Gasteiger partial charge < -0.3 is 4.90 Å². The average Bonchev–Trinajstić information content (AvgIpc) is 3.11. The van der Waals surface area contributed by atoms with Crippen LogP contribution in [0.15, 0.2) is 67.0 Å². The van der Waals surface area contributed by atoms with E-state index in [2.05, 4.69) is 16.9 Å². The van der Waals surface area contributed by atoms with Crippen molar-refractivity contribution in [1.82, 2.24) is 9.88 Å². The van der Waals surface area contributed by atoms with Gasteiger partial charge in [0.2, 0.25) is 0 Å². The summed E-state index contributed by atoms with van der Waals surface area (Å²) in [7, 11) is 2.19. The second kappa shape index (κ2) is 76.6. The number of hydrogen-bond donors (Lipinski definition) is 0. The highest BCUT2D eigenvalue weighted by Gasteiger charge is 2.02. The van der Waals surface area contributed by atoms with Gasteiger partial charge in [-0.3, -0.25) is 4.98 Å². The van der Waals surface area contributed by atoms with Gasteiger partial charge in [-0.2, -0.15) is 0 Å². The average molecular weight is 551 g/mol. The van der Waals surface area contributed by atoms with Gasteiger partial charge in [-0.15, -0.1) is 0 Å². The number of hydrogen-bond acceptors (Lipinski definition) is 2. The summed E-state index contributed by atoms with van der Waals surface area (Å²) < 4.78 is 0. The Morgan fingerprint density at radius 2 is 0.538 bits per heavy atom. The van der Waals surface area contributed by atoms with Crippen LogP contribution in [0.25, 0.3) is 0 Å². The molecule has 2 aromatic rings. The Bertz CT molecular complexity index is 353. The lowest BCUT2D eigenvalue weighted by atomic mass is 10.0. The highest BCUT2D eigenvalue weighted by atomic mass is 15.1. The first kappa shape index (κ1) is 53.6. The van der Waals surface area contributed by atoms with E-state index in [-0.39, 0.29) is 0 Å². The second-order valence-electron chi connectivity index (χ2n) is 6.66. The summed E-state index contributed by atoms with van der Waals surface area (Å²) >= 11 is 0. The van der Waals surface area contributed by atoms with E-state index in [9.17, 15) is 0 Å². The highest BCUT2D eigenvalue weighted by molar-refractivity contribution is 4.99. The summed E-state index contributed by atoms with van der Waals surface area (Å²) in [6.45, 7) is 30.6. The fraction of sp³-hybridized carbons (Fsp3) is 0.703. The molecular formula is C37H78N2. The molecule has 1 aromatic heterocycles. The van der Waals surface area contributed by atoms with Gasteiger partial charge in [-0.1, -0.05) is 184 Å². The van der Waals surface area contributed by atoms with Gasteiger partial charge in [0.15, 0.2) is 0 Å². The van der Waals surface area contributed by atoms with Gasteiger partial charge in [0.25, 0.3) is 0 Å². The summed E-state index contributed by atoms with van der Waals surface area (Å²) in [4.78, 5) is 6.18. The Hall–Kier alpha value is -1.67. The Labute approximate surface area is 251 Å². The SMILES string of the molecule is C1CCCCC1.CC.CC.CC.CC.CC.CC.CC.CN1CCCCC1.c1ccccc1.c1ccncc1. The smallest absolute Gasteiger partial charge is 0.0267 e. The minimum atomic E-state index is 1.32. The van der Waals surface area contributed by atoms with Crippen molar-refractivity contribution in [2.75, 3.05) is 20.1 Å². The molecule has 2 aliphatic rings. The fourth-order valence-corrected chi connectivity index (χ4v) is 2.81. The van der Waals surface area contributed by atoms with E-state index in [0.29, 0.717) is 0 Å². The van der Waals surface area contributed by atoms with Gasteiger partial charge in [-0.25, -0.2) is 0 Å². The molecule has 2 heteroatoms. The molecule has 0 spiro atoms. The van der Waals surface area contributed by atoms with Gasteiger partial charge in [0, 0.05) is 12.4 Å². The van der Waals surface area contributed by atoms with Gasteiger partial charge in [-0.05, 0) is 45.1 Å². The predicted octanol–water partition coefficient (Wildman–Crippen LogP) is 13.4. The molecule has 1 aliphatic heterocycles. The molecule has 1 aliphatic carbocycles. The molecule has 2 fully saturated rings. The Kier molecular flexibility index (Phi) is 105. The number of aromatic nitrogens is 1. The molecule has 0 N–H and O–H groups in total. The van der Waals surface area contributed by atoms with Crippen LogP contribution in [-0.4, -0.2) is 30.0 Å². The van der Waals surface area contributed by atoms with E-state index in [0.717, 1.165) is 0 Å². The number of likely N-dealkylation sites (tertiary alicyclic amines) is 1. The monoisotopic (exact) mass is 551 g/mol. The van der Waals surface area contributed by atoms with Crippen LogP contribution in [0.3, 0.4) is 0 Å². The maximum Gasteiger partial charge on any atom is 0.0267 e. The van der Waals surface area contributed by atoms with E-state index >= 15 is 0 Å². The Morgan fingerprint density at radius 3 is 0.667 bits per heavy atom. The lowest BCUT2D eigenvalue weighted by Gasteiger charge is -2.20. The first-order valence-corrected chi connectivity index (χ1v) is 16.9. The molecule has 1 saturated carbocycles. The van der Waals surface area contributed by atoms with E-state index in [1.54, 1.807) is 12.4 Å². The lowest BCUT2D eigenvalue weighted by molar-refractivity contribution is 0.277. The molecular weight excluding hydrogens is 472 g/mol. The fourth-order valence-electron chi connectivity index (χ4n) is 2.81. The zero-order chi connectivity index (χ0) is 31.8. The van der Waals surface area contributed by atoms with Crippen LogP contribution in [0, 0.1) is 0 Å². The predicted molar refractivity (Wildman–Crippen MR) is 189 cm³/mol. The minimum absolute atomic E-state index is 1.32. The molecule has 1 aromatic carbocycles. The third-order valence-electron chi connectivity index (χ3n) is 4.31. The van der Waals surface area contributed by atoms with Gasteiger partial charge in [0.1, 0.15) is 0 Å². The molecule has 236 valence electrons. The standard InChI is InChI=1S/C6H13N.C6H12.C6H6.C5H5N.7C2H6/c1-7-5-3-2-4-6-7;3*1-2-4-6-5-3-1;7*1-2/h2-6H2,1H3;1-6H2;1-6H;1-5H;7*1-2H3. The van der Waals surface area contributed by atoms with E-state index < -0.39 is 0 Å². The van der Waals surface area contributed by atoms with Gasteiger partial charge >= 0.3 is 0 Å². The van der Waals surface area contributed by atoms with Crippen molar-refractivity contribution in [3.63, 3.8) is 0 Å². The van der Waals surface area contributed by atoms with Crippen molar-refractivity contribution in [2.45, 2.75) is 155 Å². The van der Waals surface area contributed by atoms with Crippen LogP contribution in [0.4, 0.5) is 0 Å². The lowest BCUT2D eigenvalue weighted by Crippen LogP contribution is -2.24. The number of rotatable bonds is 0. The Balaban J connectivity index is -0.0000000610. The summed E-state index contributed by atoms with van der Waals surface area (Å²) in [5, 5.41) is 0. The summed E-state index contributed by atoms with van der Waals surface area (Å²) in [6.07, 6.45) is 16.8. The molecule has 2 nitrogen and oxygen atoms in total. The van der Waals surface area contributed by atoms with Crippen molar-refractivity contribution in [3.05, 3.63) is 67.0 Å². The molecule has 0 unspecified atom stereocenters. The first-order chi connectivity index (χ1) is 19.4. The zero-order valence-electron chi connectivity index (χ0n) is 30.0. The molecule has 4 rings (SSSR count). The third kappa shape index (κ3) is 72.3. The molecule has 0 atom stereocenters. The van der Waals surface area contributed by atoms with E-state index in [4.69, 9.17) is 0 Å². The number of nitrogens with zero attached hydrogens (tertiary/aromatic N) is 2. The van der Waals surface area contributed by atoms with Crippen molar-refractivity contribution in [2.24, 2.45) is 0 Å². The van der Waals surface area contributed by atoms with Crippen LogP contribution in [0.5, 0.6) is 0 Å². The van der Waals surface area contributed by atoms with Crippen molar-refractivity contribution in [1.29, 1.82) is 0 Å². The summed E-state index contributed by atoms with van der Waals surface area (Å²) in [6, 6.07) is 17.7. The summed E-state index contributed by atoms with van der Waals surface area (Å²) in [5.41, 5.74) is 0. The van der Waals surface area contributed by atoms with Crippen LogP contribution in [-0.2, 0) is 0 Å². The quantitative estimate of drug-likeness (QED) is 0.324. The molecule has 39 heavy (non-hydrogen) atoms. The van der Waals surface area contributed by atoms with E-state index in [1.807, 2.05) is 152 Å². The molecule has 0 radical (unpaired) electrons. The largest absolute Gasteiger partial charge is 0.306 e. The topological polar surface area (TPSA) is 16.1 Å². The first-order valence-electron chi connectivity index (χ1n) is 16.9. The zero-order valence-corrected chi connectivity index (χ0v) is 30.0. The van der Waals surface area contributed by atoms with Crippen LogP contribution in [0.1, 0.15) is 155 Å². The maximum atomic E-state index is 3.78. The Morgan fingerprint density at radius 1 is 0.333 bits per heavy atom. The molecule has 0 bridgehead atoms. The van der Waals surface area contributed by atoms with Crippen LogP contribution < -0.4 is 0 Å². The van der Waals surface area contributed by atoms with Crippen LogP contribution >= 0.6 is 0 Å². The van der Waals surface area contributed by atoms with Crippen molar-refractivity contribution >= 4 is 0 Å². The van der Waals surface area contributed by atoms with E-state index in [1.165, 1.54) is 70.9 Å². The second-order valence-corrected chi connectivity index (χ2v) is 6.66. The minimum Gasteiger partial charge on any atom is -0.306 e. The van der Waals surface area contributed by atoms with Crippen molar-refractivity contribution < 1.29 is 0 Å². The molecule has 2 heterocycles. The number of pyridine rings is 1. The van der Waals surface area contributed by atoms with Crippen LogP contribution in [0.2, 0.25) is 0 Å². The van der Waals surface area contributed by atoms with Gasteiger partial charge in [0.05, 0.1) is 0 Å². The highest BCUT2D eigenvalue weighted by Crippen LogP contribution is 2.15. The third-order valence-corrected chi connectivity index (χ3v) is 4.31. The summed E-state index contributed by atoms with van der Waals surface area (Å²) in [5.74, 6) is 0. The number of piperidine rings is 1. The normalized spacial score (nSPS) is 11.8. The molecule has 1 saturated heterocycles. The number of benzene rings is 1. The van der Waals surface area contributed by atoms with Crippen molar-refractivity contribution in [3.8, 4) is 0 Å².